The lowest BCUT2D eigenvalue weighted by molar-refractivity contribution is 0.0565. The number of ether oxygens (including phenoxy) is 1. The van der Waals surface area contributed by atoms with Crippen molar-refractivity contribution < 1.29 is 18.3 Å². The quantitative estimate of drug-likeness (QED) is 0.466. The standard InChI is InChI=1S/C25H24FN3O3/c1-31-22-11-3-2-7-16(22)13-18-15-27-24(32-18)21-10-4-5-12-29(21)25(30)20-14-17-8-6-9-19(26)23(17)28-20/h2-3,6-9,11,14-15,21,28H,4-5,10,12-13H2,1H3/t21-/m1/s1. The first kappa shape index (κ1) is 20.3. The summed E-state index contributed by atoms with van der Waals surface area (Å²) in [5, 5.41) is 0.678. The molecule has 1 saturated heterocycles. The Morgan fingerprint density at radius 1 is 1.25 bits per heavy atom. The van der Waals surface area contributed by atoms with Gasteiger partial charge in [-0.2, -0.15) is 0 Å². The summed E-state index contributed by atoms with van der Waals surface area (Å²) in [6, 6.07) is 14.1. The lowest BCUT2D eigenvalue weighted by atomic mass is 10.0. The van der Waals surface area contributed by atoms with E-state index in [4.69, 9.17) is 9.15 Å². The second kappa shape index (κ2) is 8.49. The highest BCUT2D eigenvalue weighted by Gasteiger charge is 2.32. The number of rotatable bonds is 5. The number of hydrogen-bond donors (Lipinski definition) is 1. The zero-order valence-corrected chi connectivity index (χ0v) is 17.8. The molecule has 1 N–H and O–H groups in total. The van der Waals surface area contributed by atoms with Gasteiger partial charge in [0.2, 0.25) is 5.89 Å². The minimum atomic E-state index is -0.370. The molecule has 3 heterocycles. The fourth-order valence-corrected chi connectivity index (χ4v) is 4.42. The minimum absolute atomic E-state index is 0.172. The van der Waals surface area contributed by atoms with Crippen molar-refractivity contribution in [2.45, 2.75) is 31.7 Å². The highest BCUT2D eigenvalue weighted by molar-refractivity contribution is 5.98. The van der Waals surface area contributed by atoms with Crippen molar-refractivity contribution in [2.24, 2.45) is 0 Å². The van der Waals surface area contributed by atoms with Gasteiger partial charge in [-0.1, -0.05) is 30.3 Å². The van der Waals surface area contributed by atoms with E-state index in [9.17, 15) is 9.18 Å². The highest BCUT2D eigenvalue weighted by Crippen LogP contribution is 2.33. The molecule has 1 aliphatic rings. The van der Waals surface area contributed by atoms with Crippen molar-refractivity contribution in [1.82, 2.24) is 14.9 Å². The Labute approximate surface area is 185 Å². The molecule has 0 aliphatic carbocycles. The fraction of sp³-hybridized carbons (Fsp3) is 0.280. The molecule has 1 atom stereocenters. The van der Waals surface area contributed by atoms with Crippen LogP contribution in [0.5, 0.6) is 5.75 Å². The van der Waals surface area contributed by atoms with E-state index in [-0.39, 0.29) is 17.8 Å². The predicted octanol–water partition coefficient (Wildman–Crippen LogP) is 5.26. The third kappa shape index (κ3) is 3.75. The molecule has 5 rings (SSSR count). The van der Waals surface area contributed by atoms with E-state index in [2.05, 4.69) is 9.97 Å². The molecule has 164 valence electrons. The molecule has 0 unspecified atom stereocenters. The fourth-order valence-electron chi connectivity index (χ4n) is 4.42. The molecular formula is C25H24FN3O3. The van der Waals surface area contributed by atoms with Gasteiger partial charge in [0, 0.05) is 23.9 Å². The normalized spacial score (nSPS) is 16.4. The average Bonchev–Trinajstić information content (AvgIpc) is 3.47. The molecular weight excluding hydrogens is 409 g/mol. The van der Waals surface area contributed by atoms with Crippen LogP contribution in [-0.4, -0.2) is 34.4 Å². The van der Waals surface area contributed by atoms with Gasteiger partial charge in [-0.25, -0.2) is 9.37 Å². The first-order valence-corrected chi connectivity index (χ1v) is 10.8. The first-order chi connectivity index (χ1) is 15.6. The number of methoxy groups -OCH3 is 1. The molecule has 6 nitrogen and oxygen atoms in total. The second-order valence-corrected chi connectivity index (χ2v) is 8.05. The maximum absolute atomic E-state index is 14.1. The van der Waals surface area contributed by atoms with Crippen LogP contribution in [0.15, 0.2) is 59.1 Å². The second-order valence-electron chi connectivity index (χ2n) is 8.05. The number of fused-ring (bicyclic) bond motifs is 1. The number of nitrogens with zero attached hydrogens (tertiary/aromatic N) is 2. The van der Waals surface area contributed by atoms with Crippen molar-refractivity contribution in [1.29, 1.82) is 0 Å². The maximum Gasteiger partial charge on any atom is 0.270 e. The lowest BCUT2D eigenvalue weighted by Gasteiger charge is -2.33. The van der Waals surface area contributed by atoms with Gasteiger partial charge in [-0.3, -0.25) is 4.79 Å². The van der Waals surface area contributed by atoms with E-state index in [0.717, 1.165) is 36.3 Å². The van der Waals surface area contributed by atoms with Crippen LogP contribution in [0, 0.1) is 5.82 Å². The number of piperidine rings is 1. The van der Waals surface area contributed by atoms with Gasteiger partial charge in [0.1, 0.15) is 29.1 Å². The number of carbonyl (C=O) groups excluding carboxylic acids is 1. The predicted molar refractivity (Wildman–Crippen MR) is 118 cm³/mol. The number of carbonyl (C=O) groups is 1. The van der Waals surface area contributed by atoms with Crippen LogP contribution >= 0.6 is 0 Å². The summed E-state index contributed by atoms with van der Waals surface area (Å²) in [6.07, 6.45) is 4.94. The van der Waals surface area contributed by atoms with Gasteiger partial charge in [0.25, 0.3) is 5.91 Å². The topological polar surface area (TPSA) is 71.4 Å². The Hall–Kier alpha value is -3.61. The van der Waals surface area contributed by atoms with E-state index in [1.165, 1.54) is 6.07 Å². The summed E-state index contributed by atoms with van der Waals surface area (Å²) in [5.74, 6) is 1.51. The number of halogens is 1. The third-order valence-corrected chi connectivity index (χ3v) is 6.01. The summed E-state index contributed by atoms with van der Waals surface area (Å²) in [5.41, 5.74) is 1.73. The van der Waals surface area contributed by atoms with Gasteiger partial charge in [-0.05, 0) is 37.5 Å². The number of aromatic nitrogens is 2. The molecule has 1 amide bonds. The molecule has 2 aromatic heterocycles. The van der Waals surface area contributed by atoms with Crippen molar-refractivity contribution >= 4 is 16.8 Å². The van der Waals surface area contributed by atoms with E-state index >= 15 is 0 Å². The Kier molecular flexibility index (Phi) is 5.39. The van der Waals surface area contributed by atoms with E-state index < -0.39 is 0 Å². The van der Waals surface area contributed by atoms with Crippen LogP contribution in [0.4, 0.5) is 4.39 Å². The molecule has 0 saturated carbocycles. The van der Waals surface area contributed by atoms with E-state index in [0.29, 0.717) is 35.5 Å². The lowest BCUT2D eigenvalue weighted by Crippen LogP contribution is -2.38. The number of aromatic amines is 1. The van der Waals surface area contributed by atoms with Crippen LogP contribution in [0.1, 0.15) is 53.0 Å². The molecule has 0 spiro atoms. The number of H-pyrrole nitrogens is 1. The average molecular weight is 433 g/mol. The van der Waals surface area contributed by atoms with Gasteiger partial charge in [0.05, 0.1) is 18.8 Å². The number of para-hydroxylation sites is 2. The summed E-state index contributed by atoms with van der Waals surface area (Å²) >= 11 is 0. The van der Waals surface area contributed by atoms with Crippen LogP contribution in [0.3, 0.4) is 0 Å². The van der Waals surface area contributed by atoms with Crippen LogP contribution in [-0.2, 0) is 6.42 Å². The minimum Gasteiger partial charge on any atom is -0.496 e. The Morgan fingerprint density at radius 2 is 2.12 bits per heavy atom. The van der Waals surface area contributed by atoms with Crippen molar-refractivity contribution in [2.75, 3.05) is 13.7 Å². The van der Waals surface area contributed by atoms with E-state index in [1.54, 1.807) is 36.4 Å². The number of benzene rings is 2. The molecule has 2 aromatic carbocycles. The monoisotopic (exact) mass is 433 g/mol. The van der Waals surface area contributed by atoms with Crippen molar-refractivity contribution in [3.63, 3.8) is 0 Å². The van der Waals surface area contributed by atoms with Crippen LogP contribution in [0.2, 0.25) is 0 Å². The summed E-state index contributed by atoms with van der Waals surface area (Å²) in [7, 11) is 1.64. The Balaban J connectivity index is 1.40. The van der Waals surface area contributed by atoms with Crippen molar-refractivity contribution in [3.8, 4) is 5.75 Å². The number of hydrogen-bond acceptors (Lipinski definition) is 4. The summed E-state index contributed by atoms with van der Waals surface area (Å²) < 4.78 is 25.6. The van der Waals surface area contributed by atoms with Crippen LogP contribution in [0.25, 0.3) is 10.9 Å². The SMILES string of the molecule is COc1ccccc1Cc1cnc([C@H]2CCCCN2C(=O)c2cc3cccc(F)c3[nH]2)o1. The van der Waals surface area contributed by atoms with Crippen LogP contribution < -0.4 is 4.74 Å². The van der Waals surface area contributed by atoms with E-state index in [1.807, 2.05) is 24.3 Å². The highest BCUT2D eigenvalue weighted by atomic mass is 19.1. The smallest absolute Gasteiger partial charge is 0.270 e. The summed E-state index contributed by atoms with van der Waals surface area (Å²) in [6.45, 7) is 0.603. The zero-order valence-electron chi connectivity index (χ0n) is 17.8. The molecule has 7 heteroatoms. The number of nitrogens with one attached hydrogen (secondary N) is 1. The molecule has 4 aromatic rings. The van der Waals surface area contributed by atoms with Gasteiger partial charge >= 0.3 is 0 Å². The molecule has 0 radical (unpaired) electrons. The summed E-state index contributed by atoms with van der Waals surface area (Å²) in [4.78, 5) is 22.6. The molecule has 32 heavy (non-hydrogen) atoms. The number of oxazole rings is 1. The Morgan fingerprint density at radius 3 is 2.97 bits per heavy atom. The first-order valence-electron chi connectivity index (χ1n) is 10.8. The molecule has 0 bridgehead atoms. The number of amides is 1. The maximum atomic E-state index is 14.1. The van der Waals surface area contributed by atoms with Gasteiger partial charge in [0.15, 0.2) is 0 Å². The Bertz CT molecular complexity index is 1260. The zero-order chi connectivity index (χ0) is 22.1. The van der Waals surface area contributed by atoms with Crippen molar-refractivity contribution in [3.05, 3.63) is 83.5 Å². The van der Waals surface area contributed by atoms with Gasteiger partial charge < -0.3 is 19.0 Å². The molecule has 1 fully saturated rings. The molecule has 1 aliphatic heterocycles. The number of likely N-dealkylation sites (tertiary alicyclic amines) is 1. The van der Waals surface area contributed by atoms with Gasteiger partial charge in [-0.15, -0.1) is 0 Å². The largest absolute Gasteiger partial charge is 0.496 e. The third-order valence-electron chi connectivity index (χ3n) is 6.01.